The zero-order chi connectivity index (χ0) is 9.14. The molecule has 1 rings (SSSR count). The molecule has 0 saturated heterocycles. The summed E-state index contributed by atoms with van der Waals surface area (Å²) in [5.41, 5.74) is 0. The largest absolute Gasteiger partial charge is 0.466 e. The second-order valence-electron chi connectivity index (χ2n) is 2.72. The Morgan fingerprint density at radius 2 is 2.17 bits per heavy atom. The summed E-state index contributed by atoms with van der Waals surface area (Å²) in [7, 11) is 0. The van der Waals surface area contributed by atoms with Crippen LogP contribution in [0.3, 0.4) is 0 Å². The van der Waals surface area contributed by atoms with Gasteiger partial charge in [0, 0.05) is 5.92 Å². The van der Waals surface area contributed by atoms with Gasteiger partial charge in [-0.05, 0) is 19.6 Å². The van der Waals surface area contributed by atoms with Crippen LogP contribution in [0.2, 0.25) is 0 Å². The number of thioether (sulfide) groups is 1. The topological polar surface area (TPSA) is 43.4 Å². The maximum absolute atomic E-state index is 11.1. The van der Waals surface area contributed by atoms with E-state index in [1.54, 1.807) is 13.2 Å². The van der Waals surface area contributed by atoms with Crippen LogP contribution in [0, 0.1) is 11.8 Å². The van der Waals surface area contributed by atoms with Gasteiger partial charge in [-0.1, -0.05) is 11.8 Å². The molecule has 1 aliphatic rings. The van der Waals surface area contributed by atoms with Crippen LogP contribution in [0.1, 0.15) is 13.3 Å². The van der Waals surface area contributed by atoms with Crippen molar-refractivity contribution in [2.75, 3.05) is 12.9 Å². The van der Waals surface area contributed by atoms with Crippen LogP contribution in [-0.4, -0.2) is 23.9 Å². The lowest BCUT2D eigenvalue weighted by Gasteiger charge is -1.98. The molecule has 1 fully saturated rings. The van der Waals surface area contributed by atoms with Gasteiger partial charge in [0.1, 0.15) is 0 Å². The first-order chi connectivity index (χ1) is 5.70. The molecule has 0 amide bonds. The summed E-state index contributed by atoms with van der Waals surface area (Å²) in [6.45, 7) is 2.17. The van der Waals surface area contributed by atoms with Crippen LogP contribution in [0.5, 0.6) is 0 Å². The predicted molar refractivity (Wildman–Crippen MR) is 46.8 cm³/mol. The fraction of sp³-hybridized carbons (Fsp3) is 0.750. The summed E-state index contributed by atoms with van der Waals surface area (Å²) in [6.07, 6.45) is 2.42. The molecule has 0 bridgehead atoms. The fourth-order valence-electron chi connectivity index (χ4n) is 1.12. The van der Waals surface area contributed by atoms with Crippen LogP contribution < -0.4 is 0 Å². The summed E-state index contributed by atoms with van der Waals surface area (Å²) in [6, 6.07) is 0. The summed E-state index contributed by atoms with van der Waals surface area (Å²) in [5, 5.41) is 0.105. The molecule has 0 radical (unpaired) electrons. The number of carbonyl (C=O) groups is 2. The van der Waals surface area contributed by atoms with E-state index in [-0.39, 0.29) is 22.9 Å². The first kappa shape index (κ1) is 9.58. The van der Waals surface area contributed by atoms with Gasteiger partial charge in [-0.2, -0.15) is 0 Å². The highest BCUT2D eigenvalue weighted by atomic mass is 32.2. The predicted octanol–water partition coefficient (Wildman–Crippen LogP) is 1.08. The minimum absolute atomic E-state index is 0.0703. The molecular formula is C8H12O3S. The number of carbonyl (C=O) groups excluding carboxylic acids is 2. The smallest absolute Gasteiger partial charge is 0.309 e. The van der Waals surface area contributed by atoms with Crippen LogP contribution in [0.4, 0.5) is 0 Å². The molecule has 3 nitrogen and oxygen atoms in total. The highest BCUT2D eigenvalue weighted by Gasteiger charge is 2.48. The normalized spacial score (nSPS) is 26.5. The number of esters is 1. The van der Waals surface area contributed by atoms with Crippen molar-refractivity contribution >= 4 is 22.8 Å². The van der Waals surface area contributed by atoms with Crippen molar-refractivity contribution in [3.05, 3.63) is 0 Å². The zero-order valence-electron chi connectivity index (χ0n) is 7.20. The second-order valence-corrected chi connectivity index (χ2v) is 3.53. The fourth-order valence-corrected chi connectivity index (χ4v) is 1.68. The second kappa shape index (κ2) is 3.94. The quantitative estimate of drug-likeness (QED) is 0.621. The van der Waals surface area contributed by atoms with Gasteiger partial charge in [0.15, 0.2) is 5.12 Å². The number of ether oxygens (including phenoxy) is 1. The van der Waals surface area contributed by atoms with Gasteiger partial charge in [0.05, 0.1) is 12.5 Å². The number of hydrogen-bond donors (Lipinski definition) is 0. The van der Waals surface area contributed by atoms with Crippen molar-refractivity contribution in [3.63, 3.8) is 0 Å². The lowest BCUT2D eigenvalue weighted by molar-refractivity contribution is -0.145. The summed E-state index contributed by atoms with van der Waals surface area (Å²) < 4.78 is 4.79. The van der Waals surface area contributed by atoms with Crippen LogP contribution >= 0.6 is 11.8 Å². The van der Waals surface area contributed by atoms with E-state index in [0.29, 0.717) is 13.0 Å². The molecule has 2 unspecified atom stereocenters. The maximum Gasteiger partial charge on any atom is 0.309 e. The number of hydrogen-bond acceptors (Lipinski definition) is 4. The van der Waals surface area contributed by atoms with Crippen molar-refractivity contribution in [1.82, 2.24) is 0 Å². The van der Waals surface area contributed by atoms with Gasteiger partial charge in [-0.25, -0.2) is 0 Å². The Hall–Kier alpha value is -0.510. The SMILES string of the molecule is CCOC(=O)C1CC1C(=O)SC. The van der Waals surface area contributed by atoms with E-state index in [4.69, 9.17) is 4.74 Å². The third kappa shape index (κ3) is 2.00. The summed E-state index contributed by atoms with van der Waals surface area (Å²) in [4.78, 5) is 22.1. The van der Waals surface area contributed by atoms with E-state index in [2.05, 4.69) is 0 Å². The first-order valence-corrected chi connectivity index (χ1v) is 5.17. The van der Waals surface area contributed by atoms with Gasteiger partial charge >= 0.3 is 5.97 Å². The summed E-state index contributed by atoms with van der Waals surface area (Å²) in [5.74, 6) is -0.436. The molecule has 12 heavy (non-hydrogen) atoms. The van der Waals surface area contributed by atoms with Gasteiger partial charge in [0.2, 0.25) is 0 Å². The molecule has 2 atom stereocenters. The Kier molecular flexibility index (Phi) is 3.14. The van der Waals surface area contributed by atoms with Crippen molar-refractivity contribution in [1.29, 1.82) is 0 Å². The molecule has 0 heterocycles. The third-order valence-corrected chi connectivity index (χ3v) is 2.59. The summed E-state index contributed by atoms with van der Waals surface area (Å²) >= 11 is 1.19. The van der Waals surface area contributed by atoms with E-state index in [0.717, 1.165) is 0 Å². The Labute approximate surface area is 75.8 Å². The first-order valence-electron chi connectivity index (χ1n) is 3.95. The van der Waals surface area contributed by atoms with Crippen molar-refractivity contribution in [2.45, 2.75) is 13.3 Å². The van der Waals surface area contributed by atoms with E-state index in [1.165, 1.54) is 11.8 Å². The average molecular weight is 188 g/mol. The highest BCUT2D eigenvalue weighted by molar-refractivity contribution is 8.13. The zero-order valence-corrected chi connectivity index (χ0v) is 8.02. The average Bonchev–Trinajstić information content (AvgIpc) is 2.82. The Balaban J connectivity index is 2.32. The standard InChI is InChI=1S/C8H12O3S/c1-3-11-7(9)5-4-6(5)8(10)12-2/h5-6H,3-4H2,1-2H3. The molecule has 0 spiro atoms. The minimum atomic E-state index is -0.218. The maximum atomic E-state index is 11.1. The van der Waals surface area contributed by atoms with Crippen molar-refractivity contribution in [2.24, 2.45) is 11.8 Å². The van der Waals surface area contributed by atoms with Gasteiger partial charge in [0.25, 0.3) is 0 Å². The minimum Gasteiger partial charge on any atom is -0.466 e. The van der Waals surface area contributed by atoms with Gasteiger partial charge in [-0.15, -0.1) is 0 Å². The molecule has 68 valence electrons. The molecule has 0 aromatic rings. The lowest BCUT2D eigenvalue weighted by Crippen LogP contribution is -2.09. The molecule has 0 aromatic carbocycles. The third-order valence-electron chi connectivity index (χ3n) is 1.88. The lowest BCUT2D eigenvalue weighted by atomic mass is 10.3. The molecule has 0 N–H and O–H groups in total. The molecule has 1 saturated carbocycles. The molecule has 0 aliphatic heterocycles. The van der Waals surface area contributed by atoms with E-state index < -0.39 is 0 Å². The molecule has 1 aliphatic carbocycles. The van der Waals surface area contributed by atoms with Gasteiger partial charge in [-0.3, -0.25) is 9.59 Å². The van der Waals surface area contributed by atoms with Gasteiger partial charge < -0.3 is 4.74 Å². The molecule has 0 aromatic heterocycles. The van der Waals surface area contributed by atoms with Crippen LogP contribution in [-0.2, 0) is 14.3 Å². The van der Waals surface area contributed by atoms with Crippen LogP contribution in [0.15, 0.2) is 0 Å². The monoisotopic (exact) mass is 188 g/mol. The van der Waals surface area contributed by atoms with E-state index >= 15 is 0 Å². The van der Waals surface area contributed by atoms with Crippen LogP contribution in [0.25, 0.3) is 0 Å². The van der Waals surface area contributed by atoms with Crippen molar-refractivity contribution in [3.8, 4) is 0 Å². The van der Waals surface area contributed by atoms with Crippen molar-refractivity contribution < 1.29 is 14.3 Å². The van der Waals surface area contributed by atoms with E-state index in [1.807, 2.05) is 0 Å². The molecule has 4 heteroatoms. The molecular weight excluding hydrogens is 176 g/mol. The Morgan fingerprint density at radius 1 is 1.50 bits per heavy atom. The Morgan fingerprint density at radius 3 is 2.67 bits per heavy atom. The number of rotatable bonds is 3. The Bertz CT molecular complexity index is 202. The highest BCUT2D eigenvalue weighted by Crippen LogP contribution is 2.42. The van der Waals surface area contributed by atoms with E-state index in [9.17, 15) is 9.59 Å².